The zero-order valence-electron chi connectivity index (χ0n) is 15.8. The van der Waals surface area contributed by atoms with Crippen LogP contribution in [0.15, 0.2) is 47.4 Å². The van der Waals surface area contributed by atoms with E-state index in [1.165, 1.54) is 12.3 Å². The van der Waals surface area contributed by atoms with Gasteiger partial charge in [0.1, 0.15) is 11.3 Å². The number of urea groups is 1. The molecule has 0 radical (unpaired) electrons. The number of para-hydroxylation sites is 1. The number of amides is 3. The van der Waals surface area contributed by atoms with E-state index in [0.29, 0.717) is 39.1 Å². The Kier molecular flexibility index (Phi) is 6.31. The third kappa shape index (κ3) is 4.51. The minimum Gasteiger partial charge on any atom is -0.496 e. The number of hydrogen-bond acceptors (Lipinski definition) is 4. The molecule has 3 amide bonds. The van der Waals surface area contributed by atoms with Crippen molar-refractivity contribution in [3.63, 3.8) is 0 Å². The number of H-pyrrole nitrogens is 1. The zero-order chi connectivity index (χ0) is 19.9. The Hall–Kier alpha value is -3.29. The van der Waals surface area contributed by atoms with E-state index in [1.54, 1.807) is 23.0 Å². The highest BCUT2D eigenvalue weighted by atomic mass is 16.5. The van der Waals surface area contributed by atoms with Crippen LogP contribution in [0.4, 0.5) is 4.79 Å². The topological polar surface area (TPSA) is 94.7 Å². The summed E-state index contributed by atoms with van der Waals surface area (Å²) in [5, 5.41) is 2.90. The molecule has 0 bridgehead atoms. The van der Waals surface area contributed by atoms with E-state index in [9.17, 15) is 14.4 Å². The lowest BCUT2D eigenvalue weighted by Crippen LogP contribution is -2.42. The van der Waals surface area contributed by atoms with Gasteiger partial charge in [0.15, 0.2) is 0 Å². The molecule has 1 fully saturated rings. The molecule has 8 heteroatoms. The number of carbonyl (C=O) groups is 2. The van der Waals surface area contributed by atoms with Gasteiger partial charge in [-0.15, -0.1) is 0 Å². The van der Waals surface area contributed by atoms with E-state index in [0.717, 1.165) is 11.3 Å². The van der Waals surface area contributed by atoms with Crippen LogP contribution in [0, 0.1) is 0 Å². The van der Waals surface area contributed by atoms with Crippen molar-refractivity contribution in [2.24, 2.45) is 0 Å². The molecule has 1 aromatic carbocycles. The highest BCUT2D eigenvalue weighted by molar-refractivity contribution is 5.93. The Labute approximate surface area is 163 Å². The molecule has 1 aliphatic heterocycles. The highest BCUT2D eigenvalue weighted by Crippen LogP contribution is 2.17. The quantitative estimate of drug-likeness (QED) is 0.834. The standard InChI is InChI=1S/C20H24N4O4/c1-28-17-8-3-2-6-15(17)14-22-20(27)24-11-5-10-23(12-13-24)19(26)16-7-4-9-21-18(16)25/h2-4,6-9H,5,10-14H2,1H3,(H,21,25)(H,22,27). The summed E-state index contributed by atoms with van der Waals surface area (Å²) in [5.74, 6) is 0.418. The lowest BCUT2D eigenvalue weighted by Gasteiger charge is -2.22. The molecule has 3 rings (SSSR count). The predicted molar refractivity (Wildman–Crippen MR) is 104 cm³/mol. The molecule has 0 aliphatic carbocycles. The molecule has 0 atom stereocenters. The number of benzene rings is 1. The SMILES string of the molecule is COc1ccccc1CNC(=O)N1CCCN(C(=O)c2ccc[nH]c2=O)CC1. The maximum Gasteiger partial charge on any atom is 0.317 e. The Morgan fingerprint density at radius 2 is 1.82 bits per heavy atom. The number of carbonyl (C=O) groups excluding carboxylic acids is 2. The average Bonchev–Trinajstić information content (AvgIpc) is 2.98. The fourth-order valence-electron chi connectivity index (χ4n) is 3.22. The second kappa shape index (κ2) is 9.07. The number of aromatic amines is 1. The lowest BCUT2D eigenvalue weighted by molar-refractivity contribution is 0.0760. The molecule has 2 heterocycles. The second-order valence-corrected chi connectivity index (χ2v) is 6.52. The molecular formula is C20H24N4O4. The Bertz CT molecular complexity index is 896. The molecule has 1 aliphatic rings. The van der Waals surface area contributed by atoms with Gasteiger partial charge in [-0.05, 0) is 24.6 Å². The molecule has 1 saturated heterocycles. The van der Waals surface area contributed by atoms with Crippen molar-refractivity contribution >= 4 is 11.9 Å². The minimum atomic E-state index is -0.400. The normalized spacial score (nSPS) is 14.3. The van der Waals surface area contributed by atoms with Gasteiger partial charge < -0.3 is 24.8 Å². The van der Waals surface area contributed by atoms with Gasteiger partial charge in [-0.1, -0.05) is 18.2 Å². The van der Waals surface area contributed by atoms with Crippen LogP contribution in [0.1, 0.15) is 22.3 Å². The Morgan fingerprint density at radius 3 is 2.61 bits per heavy atom. The van der Waals surface area contributed by atoms with Crippen LogP contribution in [0.25, 0.3) is 0 Å². The van der Waals surface area contributed by atoms with Crippen molar-refractivity contribution in [3.8, 4) is 5.75 Å². The van der Waals surface area contributed by atoms with Crippen molar-refractivity contribution < 1.29 is 14.3 Å². The van der Waals surface area contributed by atoms with Crippen LogP contribution in [-0.4, -0.2) is 60.0 Å². The summed E-state index contributed by atoms with van der Waals surface area (Å²) in [7, 11) is 1.60. The van der Waals surface area contributed by atoms with Gasteiger partial charge in [0.05, 0.1) is 7.11 Å². The van der Waals surface area contributed by atoms with Crippen LogP contribution in [0.2, 0.25) is 0 Å². The summed E-state index contributed by atoms with van der Waals surface area (Å²) in [6.45, 7) is 2.21. The maximum absolute atomic E-state index is 12.6. The molecule has 0 unspecified atom stereocenters. The molecule has 8 nitrogen and oxygen atoms in total. The van der Waals surface area contributed by atoms with Gasteiger partial charge >= 0.3 is 6.03 Å². The fraction of sp³-hybridized carbons (Fsp3) is 0.350. The van der Waals surface area contributed by atoms with Crippen LogP contribution >= 0.6 is 0 Å². The van der Waals surface area contributed by atoms with Gasteiger partial charge in [-0.3, -0.25) is 9.59 Å². The first kappa shape index (κ1) is 19.5. The van der Waals surface area contributed by atoms with E-state index in [2.05, 4.69) is 10.3 Å². The number of pyridine rings is 1. The summed E-state index contributed by atoms with van der Waals surface area (Å²) in [5.41, 5.74) is 0.619. The molecule has 2 N–H and O–H groups in total. The first-order chi connectivity index (χ1) is 13.6. The number of nitrogens with zero attached hydrogens (tertiary/aromatic N) is 2. The average molecular weight is 384 g/mol. The second-order valence-electron chi connectivity index (χ2n) is 6.52. The number of ether oxygens (including phenoxy) is 1. The monoisotopic (exact) mass is 384 g/mol. The van der Waals surface area contributed by atoms with Gasteiger partial charge in [0, 0.05) is 44.5 Å². The van der Waals surface area contributed by atoms with Gasteiger partial charge in [0.2, 0.25) is 0 Å². The number of aromatic nitrogens is 1. The fourth-order valence-corrected chi connectivity index (χ4v) is 3.22. The number of rotatable bonds is 4. The summed E-state index contributed by atoms with van der Waals surface area (Å²) in [4.78, 5) is 42.8. The third-order valence-corrected chi connectivity index (χ3v) is 4.74. The number of methoxy groups -OCH3 is 1. The summed E-state index contributed by atoms with van der Waals surface area (Å²) >= 11 is 0. The van der Waals surface area contributed by atoms with Gasteiger partial charge in [-0.25, -0.2) is 4.79 Å². The summed E-state index contributed by atoms with van der Waals surface area (Å²) in [6.07, 6.45) is 2.15. The van der Waals surface area contributed by atoms with Crippen LogP contribution in [-0.2, 0) is 6.54 Å². The molecule has 0 saturated carbocycles. The third-order valence-electron chi connectivity index (χ3n) is 4.74. The van der Waals surface area contributed by atoms with E-state index in [-0.39, 0.29) is 17.5 Å². The Morgan fingerprint density at radius 1 is 1.07 bits per heavy atom. The summed E-state index contributed by atoms with van der Waals surface area (Å²) < 4.78 is 5.30. The smallest absolute Gasteiger partial charge is 0.317 e. The first-order valence-electron chi connectivity index (χ1n) is 9.22. The first-order valence-corrected chi connectivity index (χ1v) is 9.22. The zero-order valence-corrected chi connectivity index (χ0v) is 15.8. The molecular weight excluding hydrogens is 360 g/mol. The molecule has 0 spiro atoms. The Balaban J connectivity index is 1.57. The van der Waals surface area contributed by atoms with E-state index >= 15 is 0 Å². The van der Waals surface area contributed by atoms with Crippen LogP contribution in [0.3, 0.4) is 0 Å². The van der Waals surface area contributed by atoms with E-state index < -0.39 is 5.56 Å². The molecule has 28 heavy (non-hydrogen) atoms. The van der Waals surface area contributed by atoms with Crippen molar-refractivity contribution in [1.29, 1.82) is 0 Å². The van der Waals surface area contributed by atoms with Gasteiger partial charge in [0.25, 0.3) is 11.5 Å². The number of nitrogens with one attached hydrogen (secondary N) is 2. The van der Waals surface area contributed by atoms with E-state index in [1.807, 2.05) is 24.3 Å². The summed E-state index contributed by atoms with van der Waals surface area (Å²) in [6, 6.07) is 10.5. The van der Waals surface area contributed by atoms with Crippen molar-refractivity contribution in [3.05, 3.63) is 64.1 Å². The maximum atomic E-state index is 12.6. The minimum absolute atomic E-state index is 0.122. The van der Waals surface area contributed by atoms with Crippen LogP contribution in [0.5, 0.6) is 5.75 Å². The van der Waals surface area contributed by atoms with Crippen LogP contribution < -0.4 is 15.6 Å². The van der Waals surface area contributed by atoms with Crippen molar-refractivity contribution in [2.45, 2.75) is 13.0 Å². The highest BCUT2D eigenvalue weighted by Gasteiger charge is 2.24. The molecule has 2 aromatic rings. The van der Waals surface area contributed by atoms with Crippen molar-refractivity contribution in [2.75, 3.05) is 33.3 Å². The molecule has 1 aromatic heterocycles. The predicted octanol–water partition coefficient (Wildman–Crippen LogP) is 1.44. The van der Waals surface area contributed by atoms with Gasteiger partial charge in [-0.2, -0.15) is 0 Å². The molecule has 148 valence electrons. The largest absolute Gasteiger partial charge is 0.496 e. The lowest BCUT2D eigenvalue weighted by atomic mass is 10.2. The van der Waals surface area contributed by atoms with Crippen molar-refractivity contribution in [1.82, 2.24) is 20.1 Å². The van der Waals surface area contributed by atoms with E-state index in [4.69, 9.17) is 4.74 Å². The number of hydrogen-bond donors (Lipinski definition) is 2.